The minimum absolute atomic E-state index is 0.112. The van der Waals surface area contributed by atoms with Gasteiger partial charge in [0.2, 0.25) is 5.91 Å². The zero-order valence-corrected chi connectivity index (χ0v) is 14.5. The highest BCUT2D eigenvalue weighted by molar-refractivity contribution is 5.78. The fourth-order valence-corrected chi connectivity index (χ4v) is 3.96. The van der Waals surface area contributed by atoms with Crippen LogP contribution in [0.15, 0.2) is 24.3 Å². The third-order valence-electron chi connectivity index (χ3n) is 5.36. The van der Waals surface area contributed by atoms with Gasteiger partial charge in [-0.2, -0.15) is 0 Å². The Morgan fingerprint density at radius 1 is 1.33 bits per heavy atom. The molecule has 2 fully saturated rings. The monoisotopic (exact) mass is 331 g/mol. The van der Waals surface area contributed by atoms with Crippen LogP contribution in [-0.4, -0.2) is 38.7 Å². The van der Waals surface area contributed by atoms with Crippen molar-refractivity contribution < 1.29 is 9.53 Å². The summed E-state index contributed by atoms with van der Waals surface area (Å²) in [5, 5.41) is 3.16. The first-order chi connectivity index (χ1) is 11.7. The van der Waals surface area contributed by atoms with E-state index in [2.05, 4.69) is 16.3 Å². The van der Waals surface area contributed by atoms with Crippen molar-refractivity contribution in [2.75, 3.05) is 31.6 Å². The molecule has 24 heavy (non-hydrogen) atoms. The number of ether oxygens (including phenoxy) is 1. The van der Waals surface area contributed by atoms with E-state index in [4.69, 9.17) is 10.5 Å². The lowest BCUT2D eigenvalue weighted by molar-refractivity contribution is -0.126. The van der Waals surface area contributed by atoms with Crippen LogP contribution in [0.25, 0.3) is 0 Å². The van der Waals surface area contributed by atoms with Crippen LogP contribution in [0.3, 0.4) is 0 Å². The molecule has 1 aliphatic heterocycles. The molecule has 3 rings (SSSR count). The summed E-state index contributed by atoms with van der Waals surface area (Å²) < 4.78 is 5.46. The van der Waals surface area contributed by atoms with Crippen molar-refractivity contribution in [3.63, 3.8) is 0 Å². The van der Waals surface area contributed by atoms with Gasteiger partial charge in [-0.25, -0.2) is 0 Å². The molecule has 1 heterocycles. The van der Waals surface area contributed by atoms with Gasteiger partial charge in [0.25, 0.3) is 0 Å². The smallest absolute Gasteiger partial charge is 0.223 e. The number of methoxy groups -OCH3 is 1. The minimum Gasteiger partial charge on any atom is -0.495 e. The van der Waals surface area contributed by atoms with Crippen LogP contribution >= 0.6 is 0 Å². The fraction of sp³-hybridized carbons (Fsp3) is 0.632. The van der Waals surface area contributed by atoms with Crippen LogP contribution in [0.4, 0.5) is 5.69 Å². The summed E-state index contributed by atoms with van der Waals surface area (Å²) in [4.78, 5) is 14.7. The molecule has 1 aromatic carbocycles. The Kier molecular flexibility index (Phi) is 5.61. The largest absolute Gasteiger partial charge is 0.495 e. The molecule has 1 saturated carbocycles. The number of carbonyl (C=O) groups is 1. The highest BCUT2D eigenvalue weighted by Crippen LogP contribution is 2.31. The number of hydrogen-bond donors (Lipinski definition) is 2. The number of nitrogens with zero attached hydrogens (tertiary/aromatic N) is 1. The molecular formula is C19H29N3O2. The van der Waals surface area contributed by atoms with Gasteiger partial charge in [-0.15, -0.1) is 0 Å². The molecule has 1 aromatic rings. The quantitative estimate of drug-likeness (QED) is 0.867. The molecule has 1 aliphatic carbocycles. The Balaban J connectivity index is 1.49. The van der Waals surface area contributed by atoms with Crippen LogP contribution in [0.5, 0.6) is 5.75 Å². The van der Waals surface area contributed by atoms with Crippen LogP contribution in [0.1, 0.15) is 32.1 Å². The average Bonchev–Trinajstić information content (AvgIpc) is 3.08. The number of anilines is 1. The number of nitrogens with two attached hydrogens (primary N) is 1. The number of hydrogen-bond acceptors (Lipinski definition) is 4. The maximum absolute atomic E-state index is 12.4. The molecule has 1 saturated heterocycles. The van der Waals surface area contributed by atoms with E-state index in [0.29, 0.717) is 5.92 Å². The van der Waals surface area contributed by atoms with Gasteiger partial charge in [-0.05, 0) is 43.7 Å². The number of para-hydroxylation sites is 2. The minimum atomic E-state index is 0.112. The van der Waals surface area contributed by atoms with Crippen molar-refractivity contribution in [2.24, 2.45) is 17.6 Å². The van der Waals surface area contributed by atoms with Crippen LogP contribution in [0.2, 0.25) is 0 Å². The molecule has 1 amide bonds. The predicted octanol–water partition coefficient (Wildman–Crippen LogP) is 2.16. The maximum Gasteiger partial charge on any atom is 0.223 e. The molecule has 0 spiro atoms. The van der Waals surface area contributed by atoms with Gasteiger partial charge in [-0.1, -0.05) is 18.6 Å². The van der Waals surface area contributed by atoms with Gasteiger partial charge in [0.15, 0.2) is 0 Å². The summed E-state index contributed by atoms with van der Waals surface area (Å²) >= 11 is 0. The van der Waals surface area contributed by atoms with E-state index in [1.165, 1.54) is 0 Å². The lowest BCUT2D eigenvalue weighted by Gasteiger charge is -2.26. The highest BCUT2D eigenvalue weighted by Gasteiger charge is 2.28. The van der Waals surface area contributed by atoms with E-state index in [0.717, 1.165) is 63.2 Å². The molecular weight excluding hydrogens is 302 g/mol. The van der Waals surface area contributed by atoms with E-state index in [1.807, 2.05) is 18.2 Å². The number of amides is 1. The second-order valence-electron chi connectivity index (χ2n) is 7.14. The summed E-state index contributed by atoms with van der Waals surface area (Å²) in [5.41, 5.74) is 7.14. The summed E-state index contributed by atoms with van der Waals surface area (Å²) in [6.45, 7) is 2.73. The second kappa shape index (κ2) is 7.88. The van der Waals surface area contributed by atoms with Crippen molar-refractivity contribution in [2.45, 2.75) is 38.1 Å². The van der Waals surface area contributed by atoms with E-state index in [1.54, 1.807) is 7.11 Å². The second-order valence-corrected chi connectivity index (χ2v) is 7.14. The Hall–Kier alpha value is -1.75. The van der Waals surface area contributed by atoms with Crippen molar-refractivity contribution in [3.05, 3.63) is 24.3 Å². The number of rotatable bonds is 5. The molecule has 0 bridgehead atoms. The van der Waals surface area contributed by atoms with Gasteiger partial charge in [-0.3, -0.25) is 4.79 Å². The van der Waals surface area contributed by atoms with Gasteiger partial charge in [0.05, 0.1) is 12.8 Å². The Labute approximate surface area is 144 Å². The fourth-order valence-electron chi connectivity index (χ4n) is 3.96. The standard InChI is InChI=1S/C19H29N3O2/c1-24-18-8-3-2-7-17(18)22-10-9-14(13-22)12-21-19(23)15-5-4-6-16(20)11-15/h2-3,7-8,14-16H,4-6,9-13,20H2,1H3,(H,21,23)/t14-,15-,16-/m1/s1. The Morgan fingerprint density at radius 2 is 2.17 bits per heavy atom. The third-order valence-corrected chi connectivity index (χ3v) is 5.36. The lowest BCUT2D eigenvalue weighted by Crippen LogP contribution is -2.39. The predicted molar refractivity (Wildman–Crippen MR) is 96.3 cm³/mol. The molecule has 3 N–H and O–H groups in total. The summed E-state index contributed by atoms with van der Waals surface area (Å²) in [6.07, 6.45) is 5.05. The number of carbonyl (C=O) groups excluding carboxylic acids is 1. The van der Waals surface area contributed by atoms with E-state index >= 15 is 0 Å². The summed E-state index contributed by atoms with van der Waals surface area (Å²) in [5.74, 6) is 1.72. The van der Waals surface area contributed by atoms with Gasteiger partial charge >= 0.3 is 0 Å². The summed E-state index contributed by atoms with van der Waals surface area (Å²) in [7, 11) is 1.71. The van der Waals surface area contributed by atoms with Gasteiger partial charge in [0.1, 0.15) is 5.75 Å². The number of nitrogens with one attached hydrogen (secondary N) is 1. The van der Waals surface area contributed by atoms with Crippen molar-refractivity contribution in [1.29, 1.82) is 0 Å². The van der Waals surface area contributed by atoms with E-state index in [9.17, 15) is 4.79 Å². The molecule has 5 nitrogen and oxygen atoms in total. The molecule has 0 aromatic heterocycles. The van der Waals surface area contributed by atoms with Crippen molar-refractivity contribution in [1.82, 2.24) is 5.32 Å². The van der Waals surface area contributed by atoms with E-state index < -0.39 is 0 Å². The van der Waals surface area contributed by atoms with Crippen LogP contribution < -0.4 is 20.7 Å². The lowest BCUT2D eigenvalue weighted by atomic mass is 9.85. The first kappa shape index (κ1) is 17.1. The Bertz CT molecular complexity index is 563. The third kappa shape index (κ3) is 4.01. The van der Waals surface area contributed by atoms with Gasteiger partial charge < -0.3 is 20.7 Å². The SMILES string of the molecule is COc1ccccc1N1CC[C@H](CNC(=O)[C@@H]2CCC[C@@H](N)C2)C1. The van der Waals surface area contributed by atoms with Crippen molar-refractivity contribution in [3.8, 4) is 5.75 Å². The van der Waals surface area contributed by atoms with Gasteiger partial charge in [0, 0.05) is 31.6 Å². The normalized spacial score (nSPS) is 27.1. The highest BCUT2D eigenvalue weighted by atomic mass is 16.5. The molecule has 3 atom stereocenters. The molecule has 132 valence electrons. The molecule has 0 radical (unpaired) electrons. The average molecular weight is 331 g/mol. The van der Waals surface area contributed by atoms with E-state index in [-0.39, 0.29) is 17.9 Å². The zero-order valence-electron chi connectivity index (χ0n) is 14.5. The van der Waals surface area contributed by atoms with Crippen molar-refractivity contribution >= 4 is 11.6 Å². The molecule has 2 aliphatic rings. The number of benzene rings is 1. The summed E-state index contributed by atoms with van der Waals surface area (Å²) in [6, 6.07) is 8.33. The zero-order chi connectivity index (χ0) is 16.9. The van der Waals surface area contributed by atoms with Crippen LogP contribution in [0, 0.1) is 11.8 Å². The topological polar surface area (TPSA) is 67.6 Å². The Morgan fingerprint density at radius 3 is 2.96 bits per heavy atom. The molecule has 0 unspecified atom stereocenters. The van der Waals surface area contributed by atoms with Crippen LogP contribution in [-0.2, 0) is 4.79 Å². The maximum atomic E-state index is 12.4. The molecule has 5 heteroatoms. The first-order valence-corrected chi connectivity index (χ1v) is 9.08. The first-order valence-electron chi connectivity index (χ1n) is 9.08.